The average Bonchev–Trinajstić information content (AvgIpc) is 3.26. The highest BCUT2D eigenvalue weighted by Crippen LogP contribution is 2.14. The third kappa shape index (κ3) is 2.83. The quantitative estimate of drug-likeness (QED) is 0.585. The maximum atomic E-state index is 12.4. The van der Waals surface area contributed by atoms with E-state index < -0.39 is 0 Å². The van der Waals surface area contributed by atoms with Crippen molar-refractivity contribution >= 4 is 17.3 Å². The van der Waals surface area contributed by atoms with Gasteiger partial charge in [-0.15, -0.1) is 20.4 Å². The molecule has 2 amide bonds. The van der Waals surface area contributed by atoms with Crippen molar-refractivity contribution in [1.29, 1.82) is 0 Å². The Labute approximate surface area is 149 Å². The Morgan fingerprint density at radius 1 is 0.808 bits per heavy atom. The van der Waals surface area contributed by atoms with Crippen molar-refractivity contribution in [1.82, 2.24) is 39.8 Å². The number of urea groups is 1. The van der Waals surface area contributed by atoms with Crippen molar-refractivity contribution in [2.24, 2.45) is 0 Å². The summed E-state index contributed by atoms with van der Waals surface area (Å²) < 4.78 is 3.70. The third-order valence-electron chi connectivity index (χ3n) is 4.15. The number of amides is 2. The van der Waals surface area contributed by atoms with Gasteiger partial charge < -0.3 is 10.6 Å². The molecule has 26 heavy (non-hydrogen) atoms. The molecule has 0 fully saturated rings. The van der Waals surface area contributed by atoms with Crippen molar-refractivity contribution < 1.29 is 4.79 Å². The van der Waals surface area contributed by atoms with Crippen LogP contribution in [0.3, 0.4) is 0 Å². The average molecular weight is 350 g/mol. The number of carbonyl (C=O) groups is 1. The highest BCUT2D eigenvalue weighted by Gasteiger charge is 2.19. The van der Waals surface area contributed by atoms with Gasteiger partial charge in [0, 0.05) is 12.4 Å². The molecule has 0 aliphatic heterocycles. The molecule has 0 aliphatic rings. The fourth-order valence-electron chi connectivity index (χ4n) is 2.87. The molecule has 0 aromatic carbocycles. The Morgan fingerprint density at radius 2 is 1.27 bits per heavy atom. The number of hydrogen-bond acceptors (Lipinski definition) is 5. The van der Waals surface area contributed by atoms with Crippen molar-refractivity contribution in [3.05, 3.63) is 60.4 Å². The van der Waals surface area contributed by atoms with Crippen LogP contribution in [0.5, 0.6) is 0 Å². The highest BCUT2D eigenvalue weighted by atomic mass is 16.2. The molecule has 2 atom stereocenters. The number of pyridine rings is 2. The standard InChI is InChI=1S/C17H18N8O/c1-11(15-22-20-13-7-3-5-9-24(13)15)18-17(26)19-12(2)16-23-21-14-8-4-6-10-25(14)16/h3-12H,1-2H3,(H2,18,19,26)/t11-,12-/m0/s1. The molecule has 9 nitrogen and oxygen atoms in total. The second-order valence-electron chi connectivity index (χ2n) is 6.04. The van der Waals surface area contributed by atoms with Crippen LogP contribution in [0.1, 0.15) is 37.6 Å². The van der Waals surface area contributed by atoms with Crippen molar-refractivity contribution in [2.45, 2.75) is 25.9 Å². The van der Waals surface area contributed by atoms with E-state index in [1.54, 1.807) is 0 Å². The van der Waals surface area contributed by atoms with E-state index in [1.807, 2.05) is 71.4 Å². The number of fused-ring (bicyclic) bond motifs is 2. The van der Waals surface area contributed by atoms with Gasteiger partial charge in [-0.1, -0.05) is 12.1 Å². The summed E-state index contributed by atoms with van der Waals surface area (Å²) in [5.41, 5.74) is 1.47. The molecule has 0 radical (unpaired) electrons. The smallest absolute Gasteiger partial charge is 0.315 e. The molecule has 0 bridgehead atoms. The number of carbonyl (C=O) groups excluding carboxylic acids is 1. The first-order valence-corrected chi connectivity index (χ1v) is 8.30. The summed E-state index contributed by atoms with van der Waals surface area (Å²) in [5, 5.41) is 22.3. The fourth-order valence-corrected chi connectivity index (χ4v) is 2.87. The maximum absolute atomic E-state index is 12.4. The van der Waals surface area contributed by atoms with Gasteiger partial charge in [0.1, 0.15) is 0 Å². The van der Waals surface area contributed by atoms with Gasteiger partial charge in [-0.3, -0.25) is 8.80 Å². The minimum atomic E-state index is -0.314. The molecular formula is C17H18N8O. The van der Waals surface area contributed by atoms with E-state index in [9.17, 15) is 4.79 Å². The van der Waals surface area contributed by atoms with Crippen LogP contribution in [0, 0.1) is 0 Å². The van der Waals surface area contributed by atoms with E-state index in [0.29, 0.717) is 11.6 Å². The second-order valence-corrected chi connectivity index (χ2v) is 6.04. The fraction of sp³-hybridized carbons (Fsp3) is 0.235. The van der Waals surface area contributed by atoms with Crippen LogP contribution in [0.4, 0.5) is 4.79 Å². The van der Waals surface area contributed by atoms with Gasteiger partial charge in [-0.05, 0) is 38.1 Å². The summed E-state index contributed by atoms with van der Waals surface area (Å²) in [6.45, 7) is 3.72. The Morgan fingerprint density at radius 3 is 1.73 bits per heavy atom. The van der Waals surface area contributed by atoms with Gasteiger partial charge in [-0.25, -0.2) is 4.79 Å². The zero-order valence-corrected chi connectivity index (χ0v) is 14.4. The summed E-state index contributed by atoms with van der Waals surface area (Å²) >= 11 is 0. The number of aromatic nitrogens is 6. The van der Waals surface area contributed by atoms with Gasteiger partial charge in [0.25, 0.3) is 0 Å². The molecule has 4 aromatic rings. The molecular weight excluding hydrogens is 332 g/mol. The van der Waals surface area contributed by atoms with Crippen LogP contribution < -0.4 is 10.6 Å². The lowest BCUT2D eigenvalue weighted by molar-refractivity contribution is 0.234. The minimum Gasteiger partial charge on any atom is -0.328 e. The third-order valence-corrected chi connectivity index (χ3v) is 4.15. The summed E-state index contributed by atoms with van der Waals surface area (Å²) in [4.78, 5) is 12.4. The van der Waals surface area contributed by atoms with Crippen molar-refractivity contribution in [3.63, 3.8) is 0 Å². The van der Waals surface area contributed by atoms with Gasteiger partial charge in [-0.2, -0.15) is 0 Å². The summed E-state index contributed by atoms with van der Waals surface area (Å²) in [6, 6.07) is 10.4. The van der Waals surface area contributed by atoms with E-state index in [4.69, 9.17) is 0 Å². The van der Waals surface area contributed by atoms with Gasteiger partial charge in [0.05, 0.1) is 12.1 Å². The van der Waals surface area contributed by atoms with Crippen LogP contribution in [-0.4, -0.2) is 35.2 Å². The Kier molecular flexibility index (Phi) is 3.96. The Bertz CT molecular complexity index is 985. The zero-order valence-electron chi connectivity index (χ0n) is 14.4. The molecule has 0 spiro atoms. The normalized spacial score (nSPS) is 13.6. The lowest BCUT2D eigenvalue weighted by Crippen LogP contribution is -2.39. The highest BCUT2D eigenvalue weighted by molar-refractivity contribution is 5.74. The number of hydrogen-bond donors (Lipinski definition) is 2. The number of rotatable bonds is 4. The van der Waals surface area contributed by atoms with Crippen LogP contribution in [0.25, 0.3) is 11.3 Å². The Hall–Kier alpha value is -3.49. The monoisotopic (exact) mass is 350 g/mol. The van der Waals surface area contributed by atoms with Crippen LogP contribution in [-0.2, 0) is 0 Å². The number of nitrogens with one attached hydrogen (secondary N) is 2. The largest absolute Gasteiger partial charge is 0.328 e. The van der Waals surface area contributed by atoms with E-state index in [2.05, 4.69) is 31.0 Å². The first-order valence-electron chi connectivity index (χ1n) is 8.30. The molecule has 4 rings (SSSR count). The number of nitrogens with zero attached hydrogens (tertiary/aromatic N) is 6. The van der Waals surface area contributed by atoms with Gasteiger partial charge in [0.15, 0.2) is 22.9 Å². The lowest BCUT2D eigenvalue weighted by Gasteiger charge is -2.16. The van der Waals surface area contributed by atoms with Crippen molar-refractivity contribution in [2.75, 3.05) is 0 Å². The molecule has 0 aliphatic carbocycles. The first-order chi connectivity index (χ1) is 12.6. The first kappa shape index (κ1) is 16.0. The summed E-state index contributed by atoms with van der Waals surface area (Å²) in [5.74, 6) is 1.33. The molecule has 0 saturated carbocycles. The SMILES string of the molecule is C[C@H](NC(=O)N[C@@H](C)c1nnc2ccccn12)c1nnc2ccccn12. The molecule has 9 heteroatoms. The molecule has 132 valence electrons. The molecule has 4 aromatic heterocycles. The van der Waals surface area contributed by atoms with Crippen LogP contribution in [0.2, 0.25) is 0 Å². The topological polar surface area (TPSA) is 102 Å². The Balaban J connectivity index is 1.46. The summed E-state index contributed by atoms with van der Waals surface area (Å²) in [6.07, 6.45) is 3.73. The van der Waals surface area contributed by atoms with E-state index >= 15 is 0 Å². The zero-order chi connectivity index (χ0) is 18.1. The molecule has 2 N–H and O–H groups in total. The molecule has 0 unspecified atom stereocenters. The summed E-state index contributed by atoms with van der Waals surface area (Å²) in [7, 11) is 0. The minimum absolute atomic E-state index is 0.310. The molecule has 4 heterocycles. The van der Waals surface area contributed by atoms with Gasteiger partial charge in [0.2, 0.25) is 0 Å². The van der Waals surface area contributed by atoms with Crippen molar-refractivity contribution in [3.8, 4) is 0 Å². The maximum Gasteiger partial charge on any atom is 0.315 e. The van der Waals surface area contributed by atoms with Crippen LogP contribution in [0.15, 0.2) is 48.8 Å². The predicted molar refractivity (Wildman–Crippen MR) is 94.5 cm³/mol. The van der Waals surface area contributed by atoms with E-state index in [1.165, 1.54) is 0 Å². The second kappa shape index (κ2) is 6.43. The van der Waals surface area contributed by atoms with E-state index in [0.717, 1.165) is 11.3 Å². The predicted octanol–water partition coefficient (Wildman–Crippen LogP) is 1.89. The van der Waals surface area contributed by atoms with Crippen LogP contribution >= 0.6 is 0 Å². The lowest BCUT2D eigenvalue weighted by atomic mass is 10.3. The van der Waals surface area contributed by atoms with E-state index in [-0.39, 0.29) is 18.1 Å². The van der Waals surface area contributed by atoms with Gasteiger partial charge >= 0.3 is 6.03 Å². The molecule has 0 saturated heterocycles.